The first kappa shape index (κ1) is 25.1. The lowest BCUT2D eigenvalue weighted by Crippen LogP contribution is -2.38. The summed E-state index contributed by atoms with van der Waals surface area (Å²) in [5, 5.41) is 7.13. The van der Waals surface area contributed by atoms with E-state index in [1.54, 1.807) is 18.2 Å². The molecule has 1 fully saturated rings. The van der Waals surface area contributed by atoms with Crippen LogP contribution in [0.15, 0.2) is 53.2 Å². The minimum Gasteiger partial charge on any atom is -0.756 e. The number of nitrogen functional groups attached to an aromatic ring is 1. The topological polar surface area (TPSA) is 155 Å². The van der Waals surface area contributed by atoms with Crippen LogP contribution in [0.5, 0.6) is 0 Å². The van der Waals surface area contributed by atoms with Gasteiger partial charge < -0.3 is 19.6 Å². The van der Waals surface area contributed by atoms with Crippen LogP contribution < -0.4 is 20.5 Å². The van der Waals surface area contributed by atoms with E-state index < -0.39 is 14.6 Å². The summed E-state index contributed by atoms with van der Waals surface area (Å²) in [7, 11) is -4.87. The molecule has 0 bridgehead atoms. The molecule has 2 atom stereocenters. The molecule has 2 unspecified atom stereocenters. The summed E-state index contributed by atoms with van der Waals surface area (Å²) < 4.78 is 22.1. The van der Waals surface area contributed by atoms with Crippen molar-refractivity contribution in [1.29, 1.82) is 0 Å². The number of anilines is 1. The number of aromatic nitrogens is 2. The highest BCUT2D eigenvalue weighted by Gasteiger charge is 2.20. The Kier molecular flexibility index (Phi) is 7.97. The fourth-order valence-corrected chi connectivity index (χ4v) is 4.46. The SMILES string of the molecule is Nc1c(-c2cc(Cc3ccc(CCC4CCCCNC4=O)cc3)no2)ccc[n+]1COP(=O)([O-])O. The zero-order valence-electron chi connectivity index (χ0n) is 19.3. The number of nitrogens with one attached hydrogen (secondary N) is 1. The van der Waals surface area contributed by atoms with Crippen LogP contribution in [-0.4, -0.2) is 22.5 Å². The molecule has 11 heteroatoms. The number of carbonyl (C=O) groups is 1. The second kappa shape index (κ2) is 11.1. The van der Waals surface area contributed by atoms with Crippen molar-refractivity contribution < 1.29 is 32.8 Å². The molecule has 186 valence electrons. The first-order valence-corrected chi connectivity index (χ1v) is 13.1. The van der Waals surface area contributed by atoms with Crippen LogP contribution in [-0.2, 0) is 33.5 Å². The quantitative estimate of drug-likeness (QED) is 0.298. The van der Waals surface area contributed by atoms with Crippen LogP contribution in [0.25, 0.3) is 11.3 Å². The molecular weight excluding hydrogens is 471 g/mol. The van der Waals surface area contributed by atoms with Crippen molar-refractivity contribution in [3.8, 4) is 11.3 Å². The molecule has 1 amide bonds. The minimum absolute atomic E-state index is 0.0925. The van der Waals surface area contributed by atoms with Crippen LogP contribution in [0.3, 0.4) is 0 Å². The van der Waals surface area contributed by atoms with Crippen LogP contribution in [0.1, 0.15) is 42.5 Å². The highest BCUT2D eigenvalue weighted by atomic mass is 31.2. The molecule has 1 aliphatic rings. The van der Waals surface area contributed by atoms with Gasteiger partial charge >= 0.3 is 0 Å². The Morgan fingerprint density at radius 3 is 2.80 bits per heavy atom. The minimum atomic E-state index is -4.87. The van der Waals surface area contributed by atoms with Crippen LogP contribution in [0.2, 0.25) is 0 Å². The summed E-state index contributed by atoms with van der Waals surface area (Å²) in [5.41, 5.74) is 9.62. The molecule has 0 aliphatic carbocycles. The monoisotopic (exact) mass is 500 g/mol. The number of phosphoric ester groups is 1. The fraction of sp³-hybridized carbons (Fsp3) is 0.375. The molecule has 4 N–H and O–H groups in total. The molecule has 10 nitrogen and oxygen atoms in total. The van der Waals surface area contributed by atoms with E-state index in [-0.39, 0.29) is 17.6 Å². The molecule has 0 saturated carbocycles. The number of carbonyl (C=O) groups excluding carboxylic acids is 1. The largest absolute Gasteiger partial charge is 0.756 e. The van der Waals surface area contributed by atoms with Gasteiger partial charge in [-0.05, 0) is 48.9 Å². The maximum Gasteiger partial charge on any atom is 0.285 e. The van der Waals surface area contributed by atoms with Gasteiger partial charge in [0, 0.05) is 24.9 Å². The number of hydrogen-bond acceptors (Lipinski definition) is 7. The molecule has 0 radical (unpaired) electrons. The number of nitrogens with two attached hydrogens (primary N) is 1. The molecule has 2 aromatic heterocycles. The second-order valence-electron chi connectivity index (χ2n) is 8.70. The molecule has 0 spiro atoms. The van der Waals surface area contributed by atoms with Crippen molar-refractivity contribution in [3.63, 3.8) is 0 Å². The third-order valence-electron chi connectivity index (χ3n) is 6.14. The Balaban J connectivity index is 1.37. The van der Waals surface area contributed by atoms with Gasteiger partial charge in [0.2, 0.25) is 5.91 Å². The molecular formula is C24H29N4O6P. The van der Waals surface area contributed by atoms with E-state index in [1.165, 1.54) is 16.3 Å². The molecule has 3 heterocycles. The summed E-state index contributed by atoms with van der Waals surface area (Å²) >= 11 is 0. The highest BCUT2D eigenvalue weighted by molar-refractivity contribution is 7.44. The van der Waals surface area contributed by atoms with Gasteiger partial charge in [-0.25, -0.2) is 4.57 Å². The third kappa shape index (κ3) is 6.99. The van der Waals surface area contributed by atoms with Crippen LogP contribution in [0.4, 0.5) is 5.82 Å². The van der Waals surface area contributed by atoms with Crippen molar-refractivity contribution in [2.75, 3.05) is 12.3 Å². The Labute approximate surface area is 203 Å². The number of aryl methyl sites for hydroxylation is 1. The van der Waals surface area contributed by atoms with Gasteiger partial charge in [-0.15, -0.1) is 0 Å². The molecule has 4 rings (SSSR count). The number of rotatable bonds is 9. The maximum absolute atomic E-state index is 12.1. The number of benzene rings is 1. The van der Waals surface area contributed by atoms with Gasteiger partial charge in [-0.3, -0.25) is 19.6 Å². The normalized spacial score (nSPS) is 18.0. The predicted molar refractivity (Wildman–Crippen MR) is 125 cm³/mol. The van der Waals surface area contributed by atoms with Gasteiger partial charge in [0.15, 0.2) is 12.5 Å². The summed E-state index contributed by atoms with van der Waals surface area (Å²) in [5.74, 6) is 0.904. The number of amides is 1. The zero-order valence-corrected chi connectivity index (χ0v) is 20.2. The maximum atomic E-state index is 12.1. The van der Waals surface area contributed by atoms with Gasteiger partial charge in [0.25, 0.3) is 13.6 Å². The van der Waals surface area contributed by atoms with E-state index in [2.05, 4.69) is 39.3 Å². The van der Waals surface area contributed by atoms with Crippen LogP contribution in [0, 0.1) is 5.92 Å². The van der Waals surface area contributed by atoms with Crippen molar-refractivity contribution >= 4 is 19.5 Å². The van der Waals surface area contributed by atoms with Crippen molar-refractivity contribution in [2.45, 2.75) is 45.3 Å². The smallest absolute Gasteiger partial charge is 0.285 e. The molecule has 3 aromatic rings. The Bertz CT molecular complexity index is 1210. The number of phosphoric acid groups is 1. The summed E-state index contributed by atoms with van der Waals surface area (Å²) in [6.07, 6.45) is 6.91. The Morgan fingerprint density at radius 2 is 2.03 bits per heavy atom. The van der Waals surface area contributed by atoms with E-state index in [0.717, 1.165) is 44.2 Å². The lowest BCUT2D eigenvalue weighted by molar-refractivity contribution is -0.712. The number of hydrogen-bond donors (Lipinski definition) is 3. The van der Waals surface area contributed by atoms with Crippen molar-refractivity contribution in [3.05, 3.63) is 65.5 Å². The van der Waals surface area contributed by atoms with Crippen molar-refractivity contribution in [2.24, 2.45) is 5.92 Å². The first-order chi connectivity index (χ1) is 16.8. The average molecular weight is 500 g/mol. The van der Waals surface area contributed by atoms with E-state index in [0.29, 0.717) is 23.4 Å². The van der Waals surface area contributed by atoms with Gasteiger partial charge in [0.05, 0.1) is 11.9 Å². The standard InChI is InChI=1S/C24H29N4O6P/c25-23-21(5-3-13-28(23)16-33-35(30,31)32)22-15-20(27-34-22)14-18-8-6-17(7-9-18)10-11-19-4-1-2-12-26-24(19)29/h3,5-9,13,15,19,25H,1-2,4,10-12,14,16H2,(H3,26,29,30,31,32). The first-order valence-electron chi connectivity index (χ1n) is 11.6. The van der Waals surface area contributed by atoms with Gasteiger partial charge in [-0.2, -0.15) is 0 Å². The molecule has 1 saturated heterocycles. The molecule has 35 heavy (non-hydrogen) atoms. The summed E-state index contributed by atoms with van der Waals surface area (Å²) in [6, 6.07) is 13.4. The lowest BCUT2D eigenvalue weighted by atomic mass is 9.94. The third-order valence-corrected chi connectivity index (χ3v) is 6.58. The summed E-state index contributed by atoms with van der Waals surface area (Å²) in [4.78, 5) is 31.8. The second-order valence-corrected chi connectivity index (χ2v) is 9.90. The fourth-order valence-electron chi connectivity index (χ4n) is 4.19. The number of nitrogens with zero attached hydrogens (tertiary/aromatic N) is 2. The lowest BCUT2D eigenvalue weighted by Gasteiger charge is -2.14. The molecule has 1 aromatic carbocycles. The average Bonchev–Trinajstić information content (AvgIpc) is 3.18. The Morgan fingerprint density at radius 1 is 1.26 bits per heavy atom. The predicted octanol–water partition coefficient (Wildman–Crippen LogP) is 2.09. The van der Waals surface area contributed by atoms with Crippen molar-refractivity contribution in [1.82, 2.24) is 10.5 Å². The summed E-state index contributed by atoms with van der Waals surface area (Å²) in [6.45, 7) is 0.323. The van der Waals surface area contributed by atoms with E-state index in [4.69, 9.17) is 15.2 Å². The van der Waals surface area contributed by atoms with Gasteiger partial charge in [0.1, 0.15) is 5.56 Å². The Hall–Kier alpha value is -3.04. The van der Waals surface area contributed by atoms with Crippen LogP contribution >= 0.6 is 7.82 Å². The zero-order chi connectivity index (χ0) is 24.8. The van der Waals surface area contributed by atoms with E-state index in [1.807, 2.05) is 0 Å². The molecule has 1 aliphatic heterocycles. The number of pyridine rings is 1. The van der Waals surface area contributed by atoms with E-state index >= 15 is 0 Å². The van der Waals surface area contributed by atoms with Gasteiger partial charge in [-0.1, -0.05) is 35.8 Å². The highest BCUT2D eigenvalue weighted by Crippen LogP contribution is 2.30. The van der Waals surface area contributed by atoms with E-state index in [9.17, 15) is 14.3 Å².